The molecule has 4 rings (SSSR count). The van der Waals surface area contributed by atoms with E-state index in [1.807, 2.05) is 0 Å². The molecule has 1 unspecified atom stereocenters. The highest BCUT2D eigenvalue weighted by atomic mass is 35.5. The monoisotopic (exact) mass is 440 g/mol. The summed E-state index contributed by atoms with van der Waals surface area (Å²) in [5.74, 6) is -1.10. The normalized spacial score (nSPS) is 22.2. The van der Waals surface area contributed by atoms with Crippen molar-refractivity contribution in [3.8, 4) is 0 Å². The Hall–Kier alpha value is -2.33. The van der Waals surface area contributed by atoms with Crippen LogP contribution in [-0.2, 0) is 9.73 Å². The molecule has 0 bridgehead atoms. The molecule has 2 aromatic heterocycles. The number of amides is 2. The lowest BCUT2D eigenvalue weighted by atomic mass is 10.2. The van der Waals surface area contributed by atoms with Crippen LogP contribution in [0.15, 0.2) is 27.4 Å². The zero-order chi connectivity index (χ0) is 20.6. The van der Waals surface area contributed by atoms with Crippen LogP contribution in [0.25, 0.3) is 0 Å². The molecule has 1 aliphatic carbocycles. The van der Waals surface area contributed by atoms with Gasteiger partial charge in [-0.3, -0.25) is 9.59 Å². The fraction of sp³-hybridized carbons (Fsp3) is 0.444. The SMILES string of the molecule is O=C(N=S1(=O)CCCN(C(=O)c2ncoc2C2CC2)CC1)c1cc(Cl)ncc1F. The van der Waals surface area contributed by atoms with Crippen molar-refractivity contribution >= 4 is 33.1 Å². The van der Waals surface area contributed by atoms with Crippen LogP contribution in [0.4, 0.5) is 4.39 Å². The summed E-state index contributed by atoms with van der Waals surface area (Å²) in [4.78, 5) is 34.4. The minimum absolute atomic E-state index is 0.0154. The van der Waals surface area contributed by atoms with Crippen molar-refractivity contribution in [1.29, 1.82) is 0 Å². The van der Waals surface area contributed by atoms with E-state index >= 15 is 0 Å². The molecular formula is C18H18ClFN4O4S. The summed E-state index contributed by atoms with van der Waals surface area (Å²) in [6, 6.07) is 1.06. The molecule has 8 nitrogen and oxygen atoms in total. The maximum absolute atomic E-state index is 13.8. The first-order chi connectivity index (χ1) is 13.9. The molecule has 2 aliphatic rings. The van der Waals surface area contributed by atoms with E-state index < -0.39 is 21.5 Å². The highest BCUT2D eigenvalue weighted by Gasteiger charge is 2.34. The Morgan fingerprint density at radius 3 is 2.83 bits per heavy atom. The second-order valence-electron chi connectivity index (χ2n) is 7.05. The molecule has 0 radical (unpaired) electrons. The van der Waals surface area contributed by atoms with Crippen molar-refractivity contribution in [1.82, 2.24) is 14.9 Å². The highest BCUT2D eigenvalue weighted by molar-refractivity contribution is 7.93. The number of hydrogen-bond acceptors (Lipinski definition) is 6. The molecular weight excluding hydrogens is 423 g/mol. The number of hydrogen-bond donors (Lipinski definition) is 0. The smallest absolute Gasteiger partial charge is 0.288 e. The van der Waals surface area contributed by atoms with Crippen LogP contribution in [0.2, 0.25) is 5.15 Å². The summed E-state index contributed by atoms with van der Waals surface area (Å²) in [6.45, 7) is 0.525. The largest absolute Gasteiger partial charge is 0.447 e. The fourth-order valence-corrected chi connectivity index (χ4v) is 5.25. The number of nitrogens with zero attached hydrogens (tertiary/aromatic N) is 4. The van der Waals surface area contributed by atoms with Gasteiger partial charge in [-0.05, 0) is 25.3 Å². The molecule has 29 heavy (non-hydrogen) atoms. The van der Waals surface area contributed by atoms with E-state index in [1.165, 1.54) is 6.39 Å². The Balaban J connectivity index is 1.51. The number of carbonyl (C=O) groups is 2. The van der Waals surface area contributed by atoms with Crippen molar-refractivity contribution < 1.29 is 22.6 Å². The van der Waals surface area contributed by atoms with E-state index in [0.29, 0.717) is 24.4 Å². The molecule has 0 N–H and O–H groups in total. The van der Waals surface area contributed by atoms with Crippen molar-refractivity contribution in [3.63, 3.8) is 0 Å². The zero-order valence-corrected chi connectivity index (χ0v) is 16.9. The molecule has 2 fully saturated rings. The number of rotatable bonds is 3. The van der Waals surface area contributed by atoms with Crippen molar-refractivity contribution in [3.05, 3.63) is 46.6 Å². The number of halogens is 2. The van der Waals surface area contributed by atoms with Crippen LogP contribution in [0.3, 0.4) is 0 Å². The van der Waals surface area contributed by atoms with Crippen LogP contribution in [0.1, 0.15) is 51.8 Å². The quantitative estimate of drug-likeness (QED) is 0.679. The lowest BCUT2D eigenvalue weighted by molar-refractivity contribution is 0.0760. The van der Waals surface area contributed by atoms with Gasteiger partial charge in [0.25, 0.3) is 11.8 Å². The Morgan fingerprint density at radius 2 is 2.07 bits per heavy atom. The van der Waals surface area contributed by atoms with Gasteiger partial charge in [-0.1, -0.05) is 11.6 Å². The standard InChI is InChI=1S/C18H18ClFN4O4S/c19-14-8-12(13(20)9-21-14)17(25)23-29(27)6-1-4-24(5-7-29)18(26)15-16(11-2-3-11)28-10-22-15/h8-11H,1-7H2. The van der Waals surface area contributed by atoms with E-state index in [2.05, 4.69) is 14.3 Å². The van der Waals surface area contributed by atoms with Crippen molar-refractivity contribution in [2.75, 3.05) is 24.6 Å². The minimum Gasteiger partial charge on any atom is -0.447 e. The first-order valence-electron chi connectivity index (χ1n) is 9.17. The summed E-state index contributed by atoms with van der Waals surface area (Å²) in [5, 5.41) is -0.0587. The average molecular weight is 441 g/mol. The summed E-state index contributed by atoms with van der Waals surface area (Å²) in [5.41, 5.74) is -0.0796. The molecule has 11 heteroatoms. The van der Waals surface area contributed by atoms with E-state index in [-0.39, 0.29) is 40.6 Å². The van der Waals surface area contributed by atoms with E-state index in [0.717, 1.165) is 25.1 Å². The Labute approximate surface area is 171 Å². The predicted molar refractivity (Wildman–Crippen MR) is 103 cm³/mol. The maximum Gasteiger partial charge on any atom is 0.288 e. The lowest BCUT2D eigenvalue weighted by Gasteiger charge is -2.18. The molecule has 2 aromatic rings. The van der Waals surface area contributed by atoms with Gasteiger partial charge in [0.2, 0.25) is 0 Å². The van der Waals surface area contributed by atoms with Crippen molar-refractivity contribution in [2.24, 2.45) is 4.36 Å². The Bertz CT molecular complexity index is 1090. The third-order valence-electron chi connectivity index (χ3n) is 4.91. The molecule has 3 heterocycles. The third kappa shape index (κ3) is 4.32. The van der Waals surface area contributed by atoms with E-state index in [1.54, 1.807) is 4.90 Å². The molecule has 1 saturated carbocycles. The summed E-state index contributed by atoms with van der Waals surface area (Å²) in [7, 11) is -2.95. The second-order valence-corrected chi connectivity index (χ2v) is 9.98. The molecule has 1 aliphatic heterocycles. The van der Waals surface area contributed by atoms with E-state index in [4.69, 9.17) is 16.0 Å². The summed E-state index contributed by atoms with van der Waals surface area (Å²) < 4.78 is 36.1. The fourth-order valence-electron chi connectivity index (χ4n) is 3.22. The average Bonchev–Trinajstić information content (AvgIpc) is 3.45. The zero-order valence-electron chi connectivity index (χ0n) is 15.3. The van der Waals surface area contributed by atoms with Gasteiger partial charge in [0.05, 0.1) is 21.5 Å². The third-order valence-corrected chi connectivity index (χ3v) is 7.36. The first-order valence-corrected chi connectivity index (χ1v) is 11.4. The van der Waals surface area contributed by atoms with Gasteiger partial charge in [-0.2, -0.15) is 4.36 Å². The summed E-state index contributed by atoms with van der Waals surface area (Å²) >= 11 is 5.71. The topological polar surface area (TPSA) is 106 Å². The van der Waals surface area contributed by atoms with Crippen LogP contribution in [-0.4, -0.2) is 55.5 Å². The highest BCUT2D eigenvalue weighted by Crippen LogP contribution is 2.41. The molecule has 0 aromatic carbocycles. The van der Waals surface area contributed by atoms with Gasteiger partial charge in [-0.25, -0.2) is 18.6 Å². The molecule has 2 amide bonds. The van der Waals surface area contributed by atoms with Crippen LogP contribution in [0, 0.1) is 5.82 Å². The lowest BCUT2D eigenvalue weighted by Crippen LogP contribution is -2.34. The maximum atomic E-state index is 13.8. The predicted octanol–water partition coefficient (Wildman–Crippen LogP) is 2.89. The van der Waals surface area contributed by atoms with Crippen LogP contribution >= 0.6 is 11.6 Å². The number of oxazole rings is 1. The Morgan fingerprint density at radius 1 is 1.28 bits per heavy atom. The molecule has 1 atom stereocenters. The number of carbonyl (C=O) groups excluding carboxylic acids is 2. The summed E-state index contributed by atoms with van der Waals surface area (Å²) in [6.07, 6.45) is 4.43. The van der Waals surface area contributed by atoms with Gasteiger partial charge in [-0.15, -0.1) is 0 Å². The minimum atomic E-state index is -2.95. The van der Waals surface area contributed by atoms with Crippen LogP contribution < -0.4 is 0 Å². The molecule has 0 spiro atoms. The Kier molecular flexibility index (Phi) is 5.39. The van der Waals surface area contributed by atoms with Gasteiger partial charge in [0.1, 0.15) is 10.9 Å². The molecule has 1 saturated heterocycles. The van der Waals surface area contributed by atoms with Gasteiger partial charge in [0, 0.05) is 30.5 Å². The molecule has 154 valence electrons. The first kappa shape index (κ1) is 20.0. The van der Waals surface area contributed by atoms with Gasteiger partial charge < -0.3 is 9.32 Å². The second kappa shape index (κ2) is 7.83. The number of aromatic nitrogens is 2. The van der Waals surface area contributed by atoms with Crippen molar-refractivity contribution in [2.45, 2.75) is 25.2 Å². The number of pyridine rings is 1. The van der Waals surface area contributed by atoms with Gasteiger partial charge in [0.15, 0.2) is 17.9 Å². The van der Waals surface area contributed by atoms with Crippen LogP contribution in [0.5, 0.6) is 0 Å². The van der Waals surface area contributed by atoms with Gasteiger partial charge >= 0.3 is 0 Å². The van der Waals surface area contributed by atoms with E-state index in [9.17, 15) is 18.2 Å².